The number of nitrogens with zero attached hydrogens (tertiary/aromatic N) is 3. The number of hydrogen-bond acceptors (Lipinski definition) is 5. The van der Waals surface area contributed by atoms with Gasteiger partial charge in [-0.05, 0) is 36.1 Å². The van der Waals surface area contributed by atoms with Gasteiger partial charge in [-0.2, -0.15) is 0 Å². The van der Waals surface area contributed by atoms with Crippen LogP contribution >= 0.6 is 22.9 Å². The van der Waals surface area contributed by atoms with Crippen molar-refractivity contribution in [3.8, 4) is 0 Å². The van der Waals surface area contributed by atoms with Gasteiger partial charge in [-0.3, -0.25) is 0 Å². The van der Waals surface area contributed by atoms with Crippen LogP contribution in [0.3, 0.4) is 0 Å². The predicted molar refractivity (Wildman–Crippen MR) is 85.6 cm³/mol. The first-order chi connectivity index (χ1) is 10.6. The number of anilines is 1. The zero-order valence-electron chi connectivity index (χ0n) is 11.7. The Labute approximate surface area is 136 Å². The summed E-state index contributed by atoms with van der Waals surface area (Å²) in [4.78, 5) is 12.6. The van der Waals surface area contributed by atoms with Gasteiger partial charge in [-0.15, -0.1) is 21.5 Å². The maximum Gasteiger partial charge on any atom is 0.407 e. The Bertz CT molecular complexity index is 723. The summed E-state index contributed by atoms with van der Waals surface area (Å²) in [7, 11) is 0. The number of likely N-dealkylation sites (tertiary alicyclic amines) is 1. The van der Waals surface area contributed by atoms with E-state index in [0.29, 0.717) is 36.1 Å². The number of carbonyl (C=O) groups is 1. The minimum atomic E-state index is -0.803. The van der Waals surface area contributed by atoms with Crippen LogP contribution in [0.1, 0.15) is 12.8 Å². The van der Waals surface area contributed by atoms with E-state index in [4.69, 9.17) is 16.7 Å². The highest BCUT2D eigenvalue weighted by Crippen LogP contribution is 2.40. The average molecular weight is 339 g/mol. The third-order valence-electron chi connectivity index (χ3n) is 4.70. The van der Waals surface area contributed by atoms with Crippen LogP contribution in [0, 0.1) is 11.8 Å². The van der Waals surface area contributed by atoms with Crippen molar-refractivity contribution in [3.63, 3.8) is 0 Å². The zero-order chi connectivity index (χ0) is 15.3. The number of amides is 1. The molecular weight excluding hydrogens is 324 g/mol. The van der Waals surface area contributed by atoms with Crippen molar-refractivity contribution in [3.05, 3.63) is 16.6 Å². The molecule has 0 unspecified atom stereocenters. The fourth-order valence-electron chi connectivity index (χ4n) is 3.71. The second-order valence-corrected chi connectivity index (χ2v) is 7.30. The van der Waals surface area contributed by atoms with Gasteiger partial charge in [0.15, 0.2) is 11.0 Å². The Morgan fingerprint density at radius 2 is 2.09 bits per heavy atom. The Morgan fingerprint density at radius 1 is 1.36 bits per heavy atom. The fraction of sp³-hybridized carbons (Fsp3) is 0.500. The van der Waals surface area contributed by atoms with Crippen LogP contribution in [0.15, 0.2) is 11.4 Å². The Balaban J connectivity index is 1.48. The predicted octanol–water partition coefficient (Wildman–Crippen LogP) is 3.15. The molecule has 0 radical (unpaired) electrons. The molecular formula is C14H15ClN4O2S. The summed E-state index contributed by atoms with van der Waals surface area (Å²) in [6.07, 6.45) is 1.15. The van der Waals surface area contributed by atoms with Gasteiger partial charge in [-0.1, -0.05) is 11.6 Å². The maximum atomic E-state index is 11.0. The van der Waals surface area contributed by atoms with Crippen LogP contribution in [0.25, 0.3) is 10.1 Å². The third-order valence-corrected chi connectivity index (χ3v) is 5.90. The molecule has 116 valence electrons. The second-order valence-electron chi connectivity index (χ2n) is 6.02. The number of carboxylic acid groups (broad SMARTS) is 1. The van der Waals surface area contributed by atoms with Gasteiger partial charge in [0.05, 0.1) is 4.70 Å². The normalized spacial score (nSPS) is 27.3. The van der Waals surface area contributed by atoms with Crippen LogP contribution in [-0.2, 0) is 0 Å². The van der Waals surface area contributed by atoms with Crippen LogP contribution in [0.5, 0.6) is 0 Å². The van der Waals surface area contributed by atoms with E-state index in [1.165, 1.54) is 4.90 Å². The molecule has 3 atom stereocenters. The second kappa shape index (κ2) is 5.24. The lowest BCUT2D eigenvalue weighted by atomic mass is 10.0. The van der Waals surface area contributed by atoms with Gasteiger partial charge in [0.1, 0.15) is 0 Å². The molecule has 1 saturated heterocycles. The van der Waals surface area contributed by atoms with E-state index >= 15 is 0 Å². The Hall–Kier alpha value is -1.60. The topological polar surface area (TPSA) is 78.4 Å². The molecule has 0 aromatic carbocycles. The molecule has 8 heteroatoms. The van der Waals surface area contributed by atoms with E-state index in [1.807, 2.05) is 11.4 Å². The van der Waals surface area contributed by atoms with Crippen LogP contribution < -0.4 is 5.32 Å². The molecule has 1 saturated carbocycles. The molecule has 2 aromatic rings. The summed E-state index contributed by atoms with van der Waals surface area (Å²) in [5.74, 6) is 1.69. The van der Waals surface area contributed by atoms with Gasteiger partial charge in [-0.25, -0.2) is 4.79 Å². The van der Waals surface area contributed by atoms with E-state index in [-0.39, 0.29) is 0 Å². The number of rotatable bonds is 2. The van der Waals surface area contributed by atoms with Gasteiger partial charge in [0, 0.05) is 24.5 Å². The highest BCUT2D eigenvalue weighted by Gasteiger charge is 2.42. The van der Waals surface area contributed by atoms with E-state index in [1.54, 1.807) is 11.3 Å². The molecule has 0 spiro atoms. The first-order valence-corrected chi connectivity index (χ1v) is 8.51. The summed E-state index contributed by atoms with van der Waals surface area (Å²) < 4.78 is 1.03. The molecule has 22 heavy (non-hydrogen) atoms. The van der Waals surface area contributed by atoms with Crippen molar-refractivity contribution in [1.82, 2.24) is 15.1 Å². The number of aromatic nitrogens is 2. The molecule has 2 N–H and O–H groups in total. The summed E-state index contributed by atoms with van der Waals surface area (Å²) in [6, 6.07) is 2.28. The molecule has 6 nitrogen and oxygen atoms in total. The molecule has 1 amide bonds. The van der Waals surface area contributed by atoms with Crippen molar-refractivity contribution >= 4 is 44.9 Å². The molecule has 3 heterocycles. The SMILES string of the molecule is O=C(O)N1C[C@H]2C[C@H](Nc3nnc(Cl)c4ccsc34)C[C@H]2C1. The van der Waals surface area contributed by atoms with Crippen LogP contribution in [0.4, 0.5) is 10.6 Å². The number of fused-ring (bicyclic) bond motifs is 2. The molecule has 2 fully saturated rings. The summed E-state index contributed by atoms with van der Waals surface area (Å²) in [6.45, 7) is 1.30. The molecule has 1 aliphatic carbocycles. The van der Waals surface area contributed by atoms with E-state index < -0.39 is 6.09 Å². The summed E-state index contributed by atoms with van der Waals surface area (Å²) in [5.41, 5.74) is 0. The molecule has 2 aromatic heterocycles. The molecule has 0 bridgehead atoms. The number of halogens is 1. The highest BCUT2D eigenvalue weighted by molar-refractivity contribution is 7.17. The molecule has 1 aliphatic heterocycles. The van der Waals surface area contributed by atoms with Crippen molar-refractivity contribution < 1.29 is 9.90 Å². The van der Waals surface area contributed by atoms with Gasteiger partial charge < -0.3 is 15.3 Å². The van der Waals surface area contributed by atoms with E-state index in [9.17, 15) is 4.79 Å². The fourth-order valence-corrected chi connectivity index (χ4v) is 4.80. The monoisotopic (exact) mass is 338 g/mol. The lowest BCUT2D eigenvalue weighted by molar-refractivity contribution is 0.152. The van der Waals surface area contributed by atoms with Crippen molar-refractivity contribution in [2.45, 2.75) is 18.9 Å². The van der Waals surface area contributed by atoms with Gasteiger partial charge in [0.2, 0.25) is 0 Å². The van der Waals surface area contributed by atoms with Crippen molar-refractivity contribution in [2.75, 3.05) is 18.4 Å². The largest absolute Gasteiger partial charge is 0.465 e. The standard InChI is InChI=1S/C14H15ClN4O2S/c15-12-10-1-2-22-11(10)13(18-17-12)16-9-3-7-5-19(14(20)21)6-8(7)4-9/h1-2,7-9H,3-6H2,(H,16,18)(H,20,21)/t7-,8+,9+. The quantitative estimate of drug-likeness (QED) is 0.879. The van der Waals surface area contributed by atoms with Gasteiger partial charge >= 0.3 is 6.09 Å². The molecule has 2 aliphatic rings. The average Bonchev–Trinajstić information content (AvgIpc) is 3.15. The number of nitrogens with one attached hydrogen (secondary N) is 1. The molecule has 4 rings (SSSR count). The first kappa shape index (κ1) is 14.0. The first-order valence-electron chi connectivity index (χ1n) is 7.25. The Morgan fingerprint density at radius 3 is 2.77 bits per heavy atom. The minimum Gasteiger partial charge on any atom is -0.465 e. The van der Waals surface area contributed by atoms with Crippen molar-refractivity contribution in [1.29, 1.82) is 0 Å². The summed E-state index contributed by atoms with van der Waals surface area (Å²) >= 11 is 7.66. The van der Waals surface area contributed by atoms with Crippen molar-refractivity contribution in [2.24, 2.45) is 11.8 Å². The maximum absolute atomic E-state index is 11.0. The van der Waals surface area contributed by atoms with Crippen LogP contribution in [0.2, 0.25) is 5.15 Å². The zero-order valence-corrected chi connectivity index (χ0v) is 13.3. The van der Waals surface area contributed by atoms with Gasteiger partial charge in [0.25, 0.3) is 0 Å². The Kier molecular flexibility index (Phi) is 3.34. The van der Waals surface area contributed by atoms with E-state index in [2.05, 4.69) is 15.5 Å². The lowest BCUT2D eigenvalue weighted by Crippen LogP contribution is -2.29. The highest BCUT2D eigenvalue weighted by atomic mass is 35.5. The summed E-state index contributed by atoms with van der Waals surface area (Å²) in [5, 5.41) is 24.1. The number of thiophene rings is 1. The third kappa shape index (κ3) is 2.28. The van der Waals surface area contributed by atoms with Crippen LogP contribution in [-0.4, -0.2) is 45.4 Å². The lowest BCUT2D eigenvalue weighted by Gasteiger charge is -2.17. The number of hydrogen-bond donors (Lipinski definition) is 2. The smallest absolute Gasteiger partial charge is 0.407 e. The minimum absolute atomic E-state index is 0.326. The van der Waals surface area contributed by atoms with E-state index in [0.717, 1.165) is 28.7 Å².